The number of fused-ring (bicyclic) bond motifs is 5. The van der Waals surface area contributed by atoms with Crippen molar-refractivity contribution in [1.29, 1.82) is 0 Å². The fraction of sp³-hybridized carbons (Fsp3) is 0.759. The normalized spacial score (nSPS) is 41.5. The number of phenols is 1. The lowest BCUT2D eigenvalue weighted by molar-refractivity contribution is -0.00749. The number of phenolic OH excluding ortho intramolecular Hbond substituents is 1. The van der Waals surface area contributed by atoms with Gasteiger partial charge in [-0.05, 0) is 112 Å². The molecule has 4 unspecified atom stereocenters. The molecule has 8 atom stereocenters. The van der Waals surface area contributed by atoms with Crippen LogP contribution in [-0.4, -0.2) is 50.8 Å². The van der Waals surface area contributed by atoms with Crippen molar-refractivity contribution in [2.45, 2.75) is 94.0 Å². The summed E-state index contributed by atoms with van der Waals surface area (Å²) in [7, 11) is 1.77. The second kappa shape index (κ2) is 9.84. The van der Waals surface area contributed by atoms with Gasteiger partial charge in [-0.25, -0.2) is 4.79 Å². The maximum Gasteiger partial charge on any atom is 0.338 e. The van der Waals surface area contributed by atoms with Gasteiger partial charge in [0.1, 0.15) is 11.9 Å². The smallest absolute Gasteiger partial charge is 0.338 e. The molecular weight excluding hydrogens is 588 g/mol. The molecule has 0 saturated heterocycles. The van der Waals surface area contributed by atoms with Crippen molar-refractivity contribution in [3.8, 4) is 5.75 Å². The zero-order chi connectivity index (χ0) is 26.7. The van der Waals surface area contributed by atoms with Gasteiger partial charge in [-0.15, -0.1) is 0 Å². The Bertz CT molecular complexity index is 988. The van der Waals surface area contributed by atoms with E-state index < -0.39 is 22.0 Å². The third kappa shape index (κ3) is 5.15. The van der Waals surface area contributed by atoms with Crippen LogP contribution in [0.25, 0.3) is 0 Å². The quantitative estimate of drug-likeness (QED) is 0.289. The summed E-state index contributed by atoms with van der Waals surface area (Å²) >= 11 is 7.52. The first-order chi connectivity index (χ1) is 16.6. The Kier molecular flexibility index (Phi) is 7.76. The van der Waals surface area contributed by atoms with Crippen LogP contribution in [-0.2, 0) is 15.9 Å². The Morgan fingerprint density at radius 3 is 2.50 bits per heavy atom. The minimum absolute atomic E-state index is 0.0134. The van der Waals surface area contributed by atoms with Crippen LogP contribution in [0.5, 0.6) is 5.75 Å². The molecule has 2 fully saturated rings. The number of hydrogen-bond acceptors (Lipinski definition) is 5. The summed E-state index contributed by atoms with van der Waals surface area (Å²) in [5, 5.41) is 22.3. The molecule has 2 saturated carbocycles. The van der Waals surface area contributed by atoms with Crippen LogP contribution in [0.3, 0.4) is 0 Å². The lowest BCUT2D eigenvalue weighted by Gasteiger charge is -2.44. The van der Waals surface area contributed by atoms with Crippen LogP contribution in [0.15, 0.2) is 18.2 Å². The number of benzene rings is 1. The number of carbonyl (C=O) groups is 1. The van der Waals surface area contributed by atoms with E-state index in [2.05, 4.69) is 45.7 Å². The first-order valence-electron chi connectivity index (χ1n) is 13.2. The van der Waals surface area contributed by atoms with E-state index in [1.165, 1.54) is 6.42 Å². The maximum atomic E-state index is 13.3. The fourth-order valence-corrected chi connectivity index (χ4v) is 8.21. The molecule has 2 bridgehead atoms. The summed E-state index contributed by atoms with van der Waals surface area (Å²) < 4.78 is 11.3. The highest BCUT2D eigenvalue weighted by molar-refractivity contribution is 9.10. The number of cyclic esters (lactones) is 1. The van der Waals surface area contributed by atoms with Gasteiger partial charge in [0.15, 0.2) is 0 Å². The summed E-state index contributed by atoms with van der Waals surface area (Å²) in [6.45, 7) is 11.3. The van der Waals surface area contributed by atoms with Gasteiger partial charge in [0, 0.05) is 11.9 Å². The van der Waals surface area contributed by atoms with Gasteiger partial charge in [-0.3, -0.25) is 0 Å². The van der Waals surface area contributed by atoms with E-state index >= 15 is 0 Å². The van der Waals surface area contributed by atoms with Crippen LogP contribution < -0.4 is 0 Å². The number of aromatic hydroxyl groups is 1. The zero-order valence-electron chi connectivity index (χ0n) is 22.4. The SMILES string of the molecule is COCC1(C)C2CC2[C@@]2(C)CC[C@@H](Br)[C@@](C)(O)CC[C@@H](C(C)(C)Br)OC(=O)c3ccc(O)c(c3)CC12. The van der Waals surface area contributed by atoms with Crippen molar-refractivity contribution in [2.75, 3.05) is 13.7 Å². The van der Waals surface area contributed by atoms with Crippen molar-refractivity contribution in [2.24, 2.45) is 28.6 Å². The molecule has 3 aliphatic rings. The number of halogens is 2. The van der Waals surface area contributed by atoms with Crippen LogP contribution in [0.1, 0.15) is 82.6 Å². The number of methoxy groups -OCH3 is 1. The van der Waals surface area contributed by atoms with Crippen molar-refractivity contribution >= 4 is 37.8 Å². The molecule has 5 nitrogen and oxygen atoms in total. The molecule has 0 spiro atoms. The van der Waals surface area contributed by atoms with Crippen molar-refractivity contribution in [3.05, 3.63) is 29.3 Å². The number of aliphatic hydroxyl groups is 1. The zero-order valence-corrected chi connectivity index (χ0v) is 25.6. The molecule has 0 amide bonds. The van der Waals surface area contributed by atoms with Crippen LogP contribution in [0.2, 0.25) is 0 Å². The number of hydrogen-bond donors (Lipinski definition) is 2. The van der Waals surface area contributed by atoms with Crippen LogP contribution in [0.4, 0.5) is 0 Å². The predicted molar refractivity (Wildman–Crippen MR) is 149 cm³/mol. The average molecular weight is 630 g/mol. The highest BCUT2D eigenvalue weighted by atomic mass is 79.9. The molecule has 1 aliphatic heterocycles. The molecule has 2 aliphatic carbocycles. The van der Waals surface area contributed by atoms with Crippen molar-refractivity contribution in [3.63, 3.8) is 0 Å². The molecule has 1 heterocycles. The maximum absolute atomic E-state index is 13.3. The molecule has 4 rings (SSSR count). The predicted octanol–water partition coefficient (Wildman–Crippen LogP) is 6.65. The van der Waals surface area contributed by atoms with E-state index in [-0.39, 0.29) is 27.3 Å². The van der Waals surface area contributed by atoms with Gasteiger partial charge in [0.05, 0.1) is 22.1 Å². The summed E-state index contributed by atoms with van der Waals surface area (Å²) in [4.78, 5) is 13.2. The third-order valence-electron chi connectivity index (χ3n) is 9.81. The lowest BCUT2D eigenvalue weighted by Crippen LogP contribution is -2.42. The molecule has 36 heavy (non-hydrogen) atoms. The molecule has 202 valence electrons. The number of rotatable bonds is 3. The highest BCUT2D eigenvalue weighted by Crippen LogP contribution is 2.74. The van der Waals surface area contributed by atoms with Gasteiger partial charge in [0.25, 0.3) is 0 Å². The monoisotopic (exact) mass is 628 g/mol. The minimum Gasteiger partial charge on any atom is -0.508 e. The van der Waals surface area contributed by atoms with Gasteiger partial charge in [-0.1, -0.05) is 45.7 Å². The summed E-state index contributed by atoms with van der Waals surface area (Å²) in [5.41, 5.74) is 0.325. The number of esters is 1. The van der Waals surface area contributed by atoms with E-state index in [9.17, 15) is 15.0 Å². The first-order valence-corrected chi connectivity index (χ1v) is 14.9. The molecule has 1 aromatic carbocycles. The summed E-state index contributed by atoms with van der Waals surface area (Å²) in [6, 6.07) is 5.08. The Hall–Kier alpha value is -0.630. The van der Waals surface area contributed by atoms with E-state index in [4.69, 9.17) is 9.47 Å². The number of carbonyl (C=O) groups excluding carboxylic acids is 1. The average Bonchev–Trinajstić information content (AvgIpc) is 3.57. The van der Waals surface area contributed by atoms with Crippen LogP contribution in [0, 0.1) is 28.6 Å². The number of alkyl halides is 2. The van der Waals surface area contributed by atoms with Crippen molar-refractivity contribution in [1.82, 2.24) is 0 Å². The minimum atomic E-state index is -0.942. The Labute approximate surface area is 233 Å². The molecular formula is C29H42Br2O5. The number of ether oxygens (including phenoxy) is 2. The molecule has 1 aromatic rings. The third-order valence-corrected chi connectivity index (χ3v) is 11.8. The van der Waals surface area contributed by atoms with E-state index in [0.717, 1.165) is 18.4 Å². The standard InChI is InChI=1S/C29H42Br2O5/c1-26(2,31)24-10-12-29(5,34)23(30)9-11-27(3)19-15-20(19)28(4,16-35-6)22(27)14-18-13-17(25(33)36-24)7-8-21(18)32/h7-8,13,19-20,22-24,32,34H,9-12,14-16H2,1-6H3/t19?,20?,22?,23-,24+,27-,28?,29+/m1/s1. The second-order valence-electron chi connectivity index (χ2n) is 12.9. The molecule has 0 aromatic heterocycles. The van der Waals surface area contributed by atoms with Gasteiger partial charge in [0.2, 0.25) is 0 Å². The van der Waals surface area contributed by atoms with E-state index in [1.807, 2.05) is 26.8 Å². The fourth-order valence-electron chi connectivity index (χ4n) is 7.43. The topological polar surface area (TPSA) is 76.0 Å². The Morgan fingerprint density at radius 1 is 1.17 bits per heavy atom. The van der Waals surface area contributed by atoms with Crippen LogP contribution >= 0.6 is 31.9 Å². The lowest BCUT2D eigenvalue weighted by atomic mass is 9.62. The van der Waals surface area contributed by atoms with Gasteiger partial charge >= 0.3 is 5.97 Å². The summed E-state index contributed by atoms with van der Waals surface area (Å²) in [6.07, 6.45) is 4.31. The summed E-state index contributed by atoms with van der Waals surface area (Å²) in [5.74, 6) is 1.29. The molecule has 7 heteroatoms. The highest BCUT2D eigenvalue weighted by Gasteiger charge is 2.70. The second-order valence-corrected chi connectivity index (χ2v) is 16.0. The van der Waals surface area contributed by atoms with Crippen molar-refractivity contribution < 1.29 is 24.5 Å². The Morgan fingerprint density at radius 2 is 1.86 bits per heavy atom. The van der Waals surface area contributed by atoms with E-state index in [0.29, 0.717) is 43.3 Å². The van der Waals surface area contributed by atoms with Gasteiger partial charge < -0.3 is 19.7 Å². The molecule has 0 radical (unpaired) electrons. The van der Waals surface area contributed by atoms with E-state index in [1.54, 1.807) is 19.2 Å². The first kappa shape index (κ1) is 28.4. The molecule has 2 N–H and O–H groups in total. The Balaban J connectivity index is 1.77. The largest absolute Gasteiger partial charge is 0.508 e. The van der Waals surface area contributed by atoms with Gasteiger partial charge in [-0.2, -0.15) is 0 Å².